The molecule has 22 heavy (non-hydrogen) atoms. The van der Waals surface area contributed by atoms with Crippen LogP contribution in [0.2, 0.25) is 0 Å². The van der Waals surface area contributed by atoms with Gasteiger partial charge in [-0.1, -0.05) is 0 Å². The van der Waals surface area contributed by atoms with Crippen molar-refractivity contribution in [3.8, 4) is 0 Å². The van der Waals surface area contributed by atoms with Gasteiger partial charge in [0.2, 0.25) is 10.0 Å². The van der Waals surface area contributed by atoms with Crippen LogP contribution in [0.5, 0.6) is 0 Å². The summed E-state index contributed by atoms with van der Waals surface area (Å²) in [7, 11) is -3.27. The van der Waals surface area contributed by atoms with Crippen LogP contribution < -0.4 is 4.72 Å². The lowest BCUT2D eigenvalue weighted by Crippen LogP contribution is -2.48. The van der Waals surface area contributed by atoms with E-state index < -0.39 is 10.0 Å². The Kier molecular flexibility index (Phi) is 4.81. The van der Waals surface area contributed by atoms with Gasteiger partial charge in [-0.25, -0.2) is 18.1 Å². The van der Waals surface area contributed by atoms with Crippen molar-refractivity contribution in [2.24, 2.45) is 0 Å². The molecule has 3 rings (SSSR count). The lowest BCUT2D eigenvalue weighted by Gasteiger charge is -2.32. The Labute approximate surface area is 134 Å². The van der Waals surface area contributed by atoms with Gasteiger partial charge in [0.25, 0.3) is 0 Å². The Morgan fingerprint density at radius 2 is 2.41 bits per heavy atom. The lowest BCUT2D eigenvalue weighted by molar-refractivity contribution is -0.0530. The second-order valence-corrected chi connectivity index (χ2v) is 8.61. The van der Waals surface area contributed by atoms with Crippen molar-refractivity contribution in [2.45, 2.75) is 31.7 Å². The van der Waals surface area contributed by atoms with Crippen LogP contribution in [0.3, 0.4) is 0 Å². The molecule has 0 aliphatic carbocycles. The summed E-state index contributed by atoms with van der Waals surface area (Å²) in [5.41, 5.74) is 0.885. The fourth-order valence-electron chi connectivity index (χ4n) is 3.07. The number of rotatable bonds is 5. The smallest absolute Gasteiger partial charge is 0.209 e. The Balaban J connectivity index is 1.70. The standard InChI is InChI=1S/C13H21N3O4S2/c1-9-14-10(8-21-9)6-20-13-11(15-22(2,17)18)5-16-3-4-19-7-12(13)16/h8,11-13,15H,3-7H2,1-2H3/t11-,12-,13-/m1/s1. The van der Waals surface area contributed by atoms with Gasteiger partial charge in [0, 0.05) is 18.5 Å². The summed E-state index contributed by atoms with van der Waals surface area (Å²) in [5, 5.41) is 2.97. The number of thiazole rings is 1. The molecular weight excluding hydrogens is 326 g/mol. The highest BCUT2D eigenvalue weighted by atomic mass is 32.2. The summed E-state index contributed by atoms with van der Waals surface area (Å²) in [4.78, 5) is 6.62. The first-order valence-electron chi connectivity index (χ1n) is 7.24. The number of fused-ring (bicyclic) bond motifs is 1. The van der Waals surface area contributed by atoms with Gasteiger partial charge in [-0.15, -0.1) is 11.3 Å². The van der Waals surface area contributed by atoms with E-state index in [1.807, 2.05) is 12.3 Å². The number of hydrogen-bond donors (Lipinski definition) is 1. The Bertz CT molecular complexity index is 619. The minimum absolute atomic E-state index is 0.0905. The summed E-state index contributed by atoms with van der Waals surface area (Å²) in [6, 6.07) is -0.158. The Morgan fingerprint density at radius 3 is 3.09 bits per heavy atom. The maximum Gasteiger partial charge on any atom is 0.209 e. The average molecular weight is 347 g/mol. The summed E-state index contributed by atoms with van der Waals surface area (Å²) in [6.45, 7) is 5.06. The van der Waals surface area contributed by atoms with Gasteiger partial charge in [0.1, 0.15) is 0 Å². The van der Waals surface area contributed by atoms with Gasteiger partial charge in [0.15, 0.2) is 0 Å². The number of morpholine rings is 1. The second kappa shape index (κ2) is 6.50. The van der Waals surface area contributed by atoms with Crippen LogP contribution in [0.15, 0.2) is 5.38 Å². The van der Waals surface area contributed by atoms with E-state index in [-0.39, 0.29) is 18.2 Å². The van der Waals surface area contributed by atoms with Crippen LogP contribution in [-0.2, 0) is 26.1 Å². The van der Waals surface area contributed by atoms with E-state index in [1.54, 1.807) is 11.3 Å². The van der Waals surface area contributed by atoms with E-state index in [0.717, 1.165) is 17.2 Å². The highest BCUT2D eigenvalue weighted by molar-refractivity contribution is 7.88. The summed E-state index contributed by atoms with van der Waals surface area (Å²) >= 11 is 1.58. The van der Waals surface area contributed by atoms with Crippen LogP contribution in [0.1, 0.15) is 10.7 Å². The van der Waals surface area contributed by atoms with Gasteiger partial charge in [-0.05, 0) is 6.92 Å². The molecule has 3 atom stereocenters. The molecule has 1 aromatic heterocycles. The van der Waals surface area contributed by atoms with Crippen molar-refractivity contribution < 1.29 is 17.9 Å². The molecule has 7 nitrogen and oxygen atoms in total. The number of ether oxygens (including phenoxy) is 2. The van der Waals surface area contributed by atoms with E-state index in [0.29, 0.717) is 26.4 Å². The molecule has 1 N–H and O–H groups in total. The van der Waals surface area contributed by atoms with Gasteiger partial charge in [0.05, 0.1) is 55.0 Å². The molecular formula is C13H21N3O4S2. The maximum atomic E-state index is 11.6. The quantitative estimate of drug-likeness (QED) is 0.806. The normalized spacial score (nSPS) is 29.6. The summed E-state index contributed by atoms with van der Waals surface area (Å²) in [6.07, 6.45) is 0.957. The van der Waals surface area contributed by atoms with E-state index >= 15 is 0 Å². The molecule has 0 spiro atoms. The molecule has 0 radical (unpaired) electrons. The predicted octanol–water partition coefficient (Wildman–Crippen LogP) is -0.0311. The third kappa shape index (κ3) is 3.84. The van der Waals surface area contributed by atoms with Gasteiger partial charge >= 0.3 is 0 Å². The molecule has 0 saturated carbocycles. The molecule has 0 bridgehead atoms. The van der Waals surface area contributed by atoms with E-state index in [1.165, 1.54) is 6.26 Å². The highest BCUT2D eigenvalue weighted by Gasteiger charge is 2.45. The van der Waals surface area contributed by atoms with Gasteiger partial charge in [-0.3, -0.25) is 4.90 Å². The number of nitrogens with one attached hydrogen (secondary N) is 1. The van der Waals surface area contributed by atoms with Crippen molar-refractivity contribution in [1.82, 2.24) is 14.6 Å². The van der Waals surface area contributed by atoms with E-state index in [9.17, 15) is 8.42 Å². The highest BCUT2D eigenvalue weighted by Crippen LogP contribution is 2.25. The predicted molar refractivity (Wildman–Crippen MR) is 83.4 cm³/mol. The molecule has 3 heterocycles. The maximum absolute atomic E-state index is 11.6. The number of nitrogens with zero attached hydrogens (tertiary/aromatic N) is 2. The first-order chi connectivity index (χ1) is 10.4. The largest absolute Gasteiger partial charge is 0.378 e. The molecule has 2 saturated heterocycles. The third-order valence-corrected chi connectivity index (χ3v) is 5.50. The molecule has 9 heteroatoms. The molecule has 0 amide bonds. The van der Waals surface area contributed by atoms with E-state index in [4.69, 9.17) is 9.47 Å². The monoisotopic (exact) mass is 347 g/mol. The Hall–Kier alpha value is -0.580. The lowest BCUT2D eigenvalue weighted by atomic mass is 10.1. The number of sulfonamides is 1. The second-order valence-electron chi connectivity index (χ2n) is 5.77. The first-order valence-corrected chi connectivity index (χ1v) is 10.0. The van der Waals surface area contributed by atoms with Crippen molar-refractivity contribution in [3.63, 3.8) is 0 Å². The molecule has 1 aromatic rings. The zero-order valence-electron chi connectivity index (χ0n) is 12.7. The van der Waals surface area contributed by atoms with Crippen molar-refractivity contribution in [1.29, 1.82) is 0 Å². The van der Waals surface area contributed by atoms with Crippen molar-refractivity contribution >= 4 is 21.4 Å². The van der Waals surface area contributed by atoms with E-state index in [2.05, 4.69) is 14.6 Å². The fraction of sp³-hybridized carbons (Fsp3) is 0.769. The van der Waals surface area contributed by atoms with Crippen LogP contribution in [-0.4, -0.2) is 69.0 Å². The molecule has 2 aliphatic rings. The zero-order valence-corrected chi connectivity index (χ0v) is 14.3. The topological polar surface area (TPSA) is 80.8 Å². The van der Waals surface area contributed by atoms with Gasteiger partial charge in [-0.2, -0.15) is 0 Å². The fourth-order valence-corrected chi connectivity index (χ4v) is 4.43. The minimum atomic E-state index is -3.27. The van der Waals surface area contributed by atoms with Crippen LogP contribution in [0.25, 0.3) is 0 Å². The molecule has 0 aromatic carbocycles. The average Bonchev–Trinajstić information content (AvgIpc) is 2.98. The van der Waals surface area contributed by atoms with Crippen LogP contribution in [0.4, 0.5) is 0 Å². The van der Waals surface area contributed by atoms with Crippen molar-refractivity contribution in [2.75, 3.05) is 32.6 Å². The summed E-state index contributed by atoms with van der Waals surface area (Å²) < 4.78 is 37.4. The SMILES string of the molecule is Cc1nc(CO[C@H]2[C@H]3COCCN3C[C@H]2NS(C)(=O)=O)cs1. The molecule has 2 aliphatic heterocycles. The first kappa shape index (κ1) is 16.3. The number of hydrogen-bond acceptors (Lipinski definition) is 7. The summed E-state index contributed by atoms with van der Waals surface area (Å²) in [5.74, 6) is 0. The number of aryl methyl sites for hydroxylation is 1. The molecule has 2 fully saturated rings. The minimum Gasteiger partial charge on any atom is -0.378 e. The number of aromatic nitrogens is 1. The molecule has 0 unspecified atom stereocenters. The van der Waals surface area contributed by atoms with Crippen LogP contribution >= 0.6 is 11.3 Å². The third-order valence-electron chi connectivity index (χ3n) is 3.94. The van der Waals surface area contributed by atoms with Crippen molar-refractivity contribution in [3.05, 3.63) is 16.1 Å². The zero-order chi connectivity index (χ0) is 15.7. The molecule has 124 valence electrons. The van der Waals surface area contributed by atoms with Gasteiger partial charge < -0.3 is 9.47 Å². The Morgan fingerprint density at radius 1 is 1.59 bits per heavy atom. The van der Waals surface area contributed by atoms with Crippen LogP contribution in [0, 0.1) is 6.92 Å².